The molecule has 140 valence electrons. The van der Waals surface area contributed by atoms with Gasteiger partial charge in [-0.3, -0.25) is 4.98 Å². The first-order chi connectivity index (χ1) is 12.4. The molecule has 3 heterocycles. The van der Waals surface area contributed by atoms with Crippen molar-refractivity contribution in [2.45, 2.75) is 19.3 Å². The molecule has 1 aromatic carbocycles. The lowest BCUT2D eigenvalue weighted by Crippen LogP contribution is -2.42. The first kappa shape index (κ1) is 17.5. The van der Waals surface area contributed by atoms with E-state index in [9.17, 15) is 4.21 Å². The molecular formula is C19H26N4O2S. The molecule has 0 radical (unpaired) electrons. The first-order valence-electron chi connectivity index (χ1n) is 9.07. The quantitative estimate of drug-likeness (QED) is 0.896. The van der Waals surface area contributed by atoms with Gasteiger partial charge in [0, 0.05) is 55.8 Å². The second kappa shape index (κ2) is 6.39. The van der Waals surface area contributed by atoms with Crippen LogP contribution in [0.3, 0.4) is 0 Å². The number of ether oxygens (including phenoxy) is 1. The van der Waals surface area contributed by atoms with E-state index < -0.39 is 9.92 Å². The normalized spacial score (nSPS) is 22.6. The topological polar surface area (TPSA) is 69.5 Å². The summed E-state index contributed by atoms with van der Waals surface area (Å²) in [5, 5.41) is 1.15. The van der Waals surface area contributed by atoms with Crippen molar-refractivity contribution in [1.29, 1.82) is 4.78 Å². The fraction of sp³-hybridized carbons (Fsp3) is 0.526. The maximum atomic E-state index is 12.1. The molecule has 4 rings (SSSR count). The molecule has 2 saturated heterocycles. The van der Waals surface area contributed by atoms with Crippen LogP contribution in [-0.2, 0) is 9.92 Å². The number of nitrogens with one attached hydrogen (secondary N) is 1. The molecule has 0 saturated carbocycles. The van der Waals surface area contributed by atoms with Gasteiger partial charge in [0.05, 0.1) is 12.6 Å². The summed E-state index contributed by atoms with van der Waals surface area (Å²) in [5.74, 6) is 0.823. The SMILES string of the molecule is COc1ccc2c(N3CCC4(CC3)CCN([S@@](C)(=N)=O)C4)ccnc2c1. The highest BCUT2D eigenvalue weighted by Crippen LogP contribution is 2.42. The summed E-state index contributed by atoms with van der Waals surface area (Å²) < 4.78 is 27.1. The van der Waals surface area contributed by atoms with Gasteiger partial charge in [-0.2, -0.15) is 0 Å². The largest absolute Gasteiger partial charge is 0.497 e. The van der Waals surface area contributed by atoms with E-state index in [-0.39, 0.29) is 5.41 Å². The lowest BCUT2D eigenvalue weighted by molar-refractivity contribution is 0.236. The molecule has 1 N–H and O–H groups in total. The van der Waals surface area contributed by atoms with Crippen molar-refractivity contribution in [3.05, 3.63) is 30.5 Å². The molecule has 26 heavy (non-hydrogen) atoms. The molecule has 2 aliphatic heterocycles. The van der Waals surface area contributed by atoms with Crippen molar-refractivity contribution in [2.24, 2.45) is 5.41 Å². The van der Waals surface area contributed by atoms with E-state index in [0.29, 0.717) is 0 Å². The Morgan fingerprint density at radius 1 is 1.19 bits per heavy atom. The fourth-order valence-corrected chi connectivity index (χ4v) is 5.30. The Kier molecular flexibility index (Phi) is 4.31. The number of aromatic nitrogens is 1. The van der Waals surface area contributed by atoms with Gasteiger partial charge in [0.2, 0.25) is 0 Å². The standard InChI is InChI=1S/C19H26N4O2S/c1-25-15-3-4-16-17(13-15)21-9-5-18(16)22-10-6-19(7-11-22)8-12-23(14-19)26(2,20)24/h3-5,9,13,20H,6-8,10-12,14H2,1-2H3/t26-/m1/s1. The maximum absolute atomic E-state index is 12.1. The van der Waals surface area contributed by atoms with E-state index in [4.69, 9.17) is 9.52 Å². The van der Waals surface area contributed by atoms with E-state index in [1.54, 1.807) is 13.4 Å². The number of hydrogen-bond acceptors (Lipinski definition) is 5. The minimum atomic E-state index is -2.58. The molecule has 0 unspecified atom stereocenters. The Morgan fingerprint density at radius 3 is 2.58 bits per heavy atom. The van der Waals surface area contributed by atoms with Crippen molar-refractivity contribution in [3.63, 3.8) is 0 Å². The van der Waals surface area contributed by atoms with Gasteiger partial charge in [0.1, 0.15) is 15.7 Å². The molecule has 2 aromatic rings. The fourth-order valence-electron chi connectivity index (χ4n) is 4.34. The van der Waals surface area contributed by atoms with Crippen molar-refractivity contribution >= 4 is 26.5 Å². The lowest BCUT2D eigenvalue weighted by atomic mass is 9.77. The van der Waals surface area contributed by atoms with Gasteiger partial charge in [-0.1, -0.05) is 0 Å². The molecule has 1 aromatic heterocycles. The van der Waals surface area contributed by atoms with Crippen LogP contribution in [0.25, 0.3) is 10.9 Å². The van der Waals surface area contributed by atoms with Gasteiger partial charge < -0.3 is 9.64 Å². The number of pyridine rings is 1. The summed E-state index contributed by atoms with van der Waals surface area (Å²) >= 11 is 0. The number of fused-ring (bicyclic) bond motifs is 1. The Balaban J connectivity index is 1.53. The van der Waals surface area contributed by atoms with Crippen LogP contribution in [0, 0.1) is 10.2 Å². The smallest absolute Gasteiger partial charge is 0.121 e. The summed E-state index contributed by atoms with van der Waals surface area (Å²) in [6, 6.07) is 8.14. The summed E-state index contributed by atoms with van der Waals surface area (Å²) in [5.41, 5.74) is 2.40. The molecule has 2 aliphatic rings. The number of hydrogen-bond donors (Lipinski definition) is 1. The highest BCUT2D eigenvalue weighted by atomic mass is 32.2. The van der Waals surface area contributed by atoms with Crippen LogP contribution in [0.1, 0.15) is 19.3 Å². The van der Waals surface area contributed by atoms with E-state index in [0.717, 1.165) is 62.1 Å². The van der Waals surface area contributed by atoms with Crippen LogP contribution in [-0.4, -0.2) is 53.0 Å². The van der Waals surface area contributed by atoms with Crippen molar-refractivity contribution in [3.8, 4) is 5.75 Å². The zero-order valence-electron chi connectivity index (χ0n) is 15.4. The number of nitrogens with zero attached hydrogens (tertiary/aromatic N) is 3. The first-order valence-corrected chi connectivity index (χ1v) is 11.0. The molecule has 0 aliphatic carbocycles. The number of rotatable bonds is 3. The monoisotopic (exact) mass is 374 g/mol. The van der Waals surface area contributed by atoms with Gasteiger partial charge in [-0.15, -0.1) is 0 Å². The predicted octanol–water partition coefficient (Wildman–Crippen LogP) is 3.13. The van der Waals surface area contributed by atoms with Crippen LogP contribution >= 0.6 is 0 Å². The van der Waals surface area contributed by atoms with E-state index in [1.165, 1.54) is 5.69 Å². The average molecular weight is 375 g/mol. The molecule has 2 fully saturated rings. The lowest BCUT2D eigenvalue weighted by Gasteiger charge is -2.40. The van der Waals surface area contributed by atoms with E-state index in [2.05, 4.69) is 22.0 Å². The van der Waals surface area contributed by atoms with Crippen LogP contribution in [0.15, 0.2) is 30.5 Å². The summed E-state index contributed by atoms with van der Waals surface area (Å²) in [4.78, 5) is 6.93. The molecular weight excluding hydrogens is 348 g/mol. The summed E-state index contributed by atoms with van der Waals surface area (Å²) in [6.45, 7) is 3.56. The van der Waals surface area contributed by atoms with E-state index >= 15 is 0 Å². The van der Waals surface area contributed by atoms with Crippen molar-refractivity contribution in [2.75, 3.05) is 44.4 Å². The predicted molar refractivity (Wildman–Crippen MR) is 105 cm³/mol. The number of anilines is 1. The summed E-state index contributed by atoms with van der Waals surface area (Å²) in [6.07, 6.45) is 6.63. The highest BCUT2D eigenvalue weighted by Gasteiger charge is 2.42. The number of benzene rings is 1. The third-order valence-corrected chi connectivity index (χ3v) is 7.28. The van der Waals surface area contributed by atoms with Gasteiger partial charge in [0.15, 0.2) is 0 Å². The highest BCUT2D eigenvalue weighted by molar-refractivity contribution is 7.89. The van der Waals surface area contributed by atoms with Crippen LogP contribution in [0.4, 0.5) is 5.69 Å². The molecule has 0 bridgehead atoms. The van der Waals surface area contributed by atoms with E-state index in [1.807, 2.05) is 22.6 Å². The second-order valence-corrected chi connectivity index (χ2v) is 9.74. The average Bonchev–Trinajstić information content (AvgIpc) is 3.05. The van der Waals surface area contributed by atoms with Crippen LogP contribution < -0.4 is 9.64 Å². The Hall–Kier alpha value is -1.86. The Labute approximate surface area is 155 Å². The third kappa shape index (κ3) is 3.14. The zero-order chi connectivity index (χ0) is 18.4. The Bertz CT molecular complexity index is 920. The van der Waals surface area contributed by atoms with Gasteiger partial charge in [-0.05, 0) is 42.9 Å². The number of methoxy groups -OCH3 is 1. The number of piperidine rings is 1. The van der Waals surface area contributed by atoms with Gasteiger partial charge in [0.25, 0.3) is 0 Å². The van der Waals surface area contributed by atoms with Crippen LogP contribution in [0.5, 0.6) is 5.75 Å². The van der Waals surface area contributed by atoms with Crippen LogP contribution in [0.2, 0.25) is 0 Å². The molecule has 1 spiro atoms. The maximum Gasteiger partial charge on any atom is 0.121 e. The van der Waals surface area contributed by atoms with Gasteiger partial charge >= 0.3 is 0 Å². The third-order valence-electron chi connectivity index (χ3n) is 5.99. The van der Waals surface area contributed by atoms with Crippen molar-refractivity contribution < 1.29 is 8.95 Å². The molecule has 7 heteroatoms. The second-order valence-electron chi connectivity index (χ2n) is 7.62. The molecule has 6 nitrogen and oxygen atoms in total. The zero-order valence-corrected chi connectivity index (χ0v) is 16.2. The minimum Gasteiger partial charge on any atom is -0.497 e. The summed E-state index contributed by atoms with van der Waals surface area (Å²) in [7, 11) is -0.907. The Morgan fingerprint density at radius 2 is 1.92 bits per heavy atom. The molecule has 1 atom stereocenters. The minimum absolute atomic E-state index is 0.224. The van der Waals surface area contributed by atoms with Gasteiger partial charge in [-0.25, -0.2) is 13.3 Å². The molecule has 0 amide bonds. The van der Waals surface area contributed by atoms with Crippen molar-refractivity contribution in [1.82, 2.24) is 9.29 Å².